The monoisotopic (exact) mass is 79.1 g/mol. The summed E-state index contributed by atoms with van der Waals surface area (Å²) in [6.07, 6.45) is 0.469. The zero-order valence-corrected chi connectivity index (χ0v) is 3.81. The molecule has 0 N–H and O–H groups in total. The largest absolute Gasteiger partial charge is 0.198 e. The summed E-state index contributed by atoms with van der Waals surface area (Å²) in [6, 6.07) is 1.99. The van der Waals surface area contributed by atoms with Gasteiger partial charge in [0.15, 0.2) is 0 Å². The van der Waals surface area contributed by atoms with Crippen molar-refractivity contribution in [3.8, 4) is 6.07 Å². The van der Waals surface area contributed by atoms with Crippen LogP contribution in [0.15, 0.2) is 0 Å². The van der Waals surface area contributed by atoms with Crippen LogP contribution < -0.4 is 0 Å². The van der Waals surface area contributed by atoms with Crippen LogP contribution in [-0.4, -0.2) is 7.85 Å². The molecule has 0 bridgehead atoms. The Morgan fingerprint density at radius 2 is 2.50 bits per heavy atom. The van der Waals surface area contributed by atoms with Crippen LogP contribution in [0.3, 0.4) is 0 Å². The molecule has 2 heteroatoms. The van der Waals surface area contributed by atoms with Gasteiger partial charge in [0, 0.05) is 5.92 Å². The fourth-order valence-electron chi connectivity index (χ4n) is 0.0527. The van der Waals surface area contributed by atoms with Gasteiger partial charge in [0.1, 0.15) is 0 Å². The summed E-state index contributed by atoms with van der Waals surface area (Å²) in [5, 5.41) is 8.00. The van der Waals surface area contributed by atoms with Gasteiger partial charge < -0.3 is 0 Å². The molecular weight excluding hydrogens is 72.9 g/mol. The maximum absolute atomic E-state index is 8.00. The van der Waals surface area contributed by atoms with Gasteiger partial charge in [-0.2, -0.15) is 5.26 Å². The predicted molar refractivity (Wildman–Crippen MR) is 25.3 cm³/mol. The molecule has 0 fully saturated rings. The first-order valence-corrected chi connectivity index (χ1v) is 1.91. The molecule has 0 aromatic rings. The Bertz CT molecular complexity index is 64.4. The second-order valence-corrected chi connectivity index (χ2v) is 1.27. The van der Waals surface area contributed by atoms with E-state index in [9.17, 15) is 0 Å². The Hall–Kier alpha value is -0.445. The van der Waals surface area contributed by atoms with Gasteiger partial charge in [-0.1, -0.05) is 13.2 Å². The first-order valence-electron chi connectivity index (χ1n) is 1.91. The van der Waals surface area contributed by atoms with E-state index in [1.54, 1.807) is 6.92 Å². The van der Waals surface area contributed by atoms with Gasteiger partial charge in [0.25, 0.3) is 0 Å². The van der Waals surface area contributed by atoms with Crippen LogP contribution in [0, 0.1) is 17.2 Å². The zero-order chi connectivity index (χ0) is 4.99. The van der Waals surface area contributed by atoms with Crippen molar-refractivity contribution in [2.45, 2.75) is 13.2 Å². The average molecular weight is 78.9 g/mol. The van der Waals surface area contributed by atoms with E-state index in [0.29, 0.717) is 6.32 Å². The van der Waals surface area contributed by atoms with E-state index in [4.69, 9.17) is 13.1 Å². The fourth-order valence-corrected chi connectivity index (χ4v) is 0.0527. The van der Waals surface area contributed by atoms with E-state index in [-0.39, 0.29) is 5.92 Å². The molecule has 0 rings (SSSR count). The predicted octanol–water partition coefficient (Wildman–Crippen LogP) is 0.733. The lowest BCUT2D eigenvalue weighted by Crippen LogP contribution is -1.84. The minimum Gasteiger partial charge on any atom is -0.198 e. The number of hydrogen-bond acceptors (Lipinski definition) is 1. The lowest BCUT2D eigenvalue weighted by molar-refractivity contribution is 0.847. The van der Waals surface area contributed by atoms with Crippen molar-refractivity contribution >= 4 is 7.85 Å². The molecule has 0 aromatic heterocycles. The second kappa shape index (κ2) is 2.77. The van der Waals surface area contributed by atoms with E-state index >= 15 is 0 Å². The van der Waals surface area contributed by atoms with Gasteiger partial charge in [0.05, 0.1) is 13.9 Å². The van der Waals surface area contributed by atoms with Crippen LogP contribution in [0.1, 0.15) is 6.92 Å². The molecule has 0 aromatic carbocycles. The van der Waals surface area contributed by atoms with Gasteiger partial charge in [-0.05, 0) is 0 Å². The molecule has 0 heterocycles. The first-order chi connectivity index (χ1) is 2.81. The van der Waals surface area contributed by atoms with Crippen LogP contribution >= 0.6 is 0 Å². The standard InChI is InChI=1S/C4H6BN/c1-4(2-5)3-6/h4H,2H2,1H3. The summed E-state index contributed by atoms with van der Waals surface area (Å²) in [7, 11) is 5.06. The minimum atomic E-state index is 0.0185. The molecule has 0 aliphatic rings. The van der Waals surface area contributed by atoms with E-state index < -0.39 is 0 Å². The fraction of sp³-hybridized carbons (Fsp3) is 0.750. The Kier molecular flexibility index (Phi) is 2.57. The second-order valence-electron chi connectivity index (χ2n) is 1.27. The molecular formula is C4H6BN. The molecule has 0 aliphatic carbocycles. The van der Waals surface area contributed by atoms with E-state index in [1.807, 2.05) is 6.07 Å². The number of nitrogens with zero attached hydrogens (tertiary/aromatic N) is 1. The van der Waals surface area contributed by atoms with Crippen molar-refractivity contribution in [3.05, 3.63) is 0 Å². The molecule has 0 saturated heterocycles. The van der Waals surface area contributed by atoms with Gasteiger partial charge >= 0.3 is 0 Å². The molecule has 1 atom stereocenters. The Morgan fingerprint density at radius 1 is 2.00 bits per heavy atom. The summed E-state index contributed by atoms with van der Waals surface area (Å²) in [6.45, 7) is 1.79. The summed E-state index contributed by atoms with van der Waals surface area (Å²) in [4.78, 5) is 0. The Balaban J connectivity index is 3.04. The van der Waals surface area contributed by atoms with E-state index in [1.165, 1.54) is 0 Å². The summed E-state index contributed by atoms with van der Waals surface area (Å²) in [5.41, 5.74) is 0. The molecule has 0 saturated carbocycles. The lowest BCUT2D eigenvalue weighted by Gasteiger charge is -1.87. The highest BCUT2D eigenvalue weighted by molar-refractivity contribution is 6.08. The Morgan fingerprint density at radius 3 is 2.50 bits per heavy atom. The Labute approximate surface area is 39.4 Å². The van der Waals surface area contributed by atoms with Crippen LogP contribution in [0.25, 0.3) is 0 Å². The summed E-state index contributed by atoms with van der Waals surface area (Å²) in [5.74, 6) is 0.0185. The zero-order valence-electron chi connectivity index (χ0n) is 3.81. The number of nitriles is 1. The van der Waals surface area contributed by atoms with Crippen molar-refractivity contribution in [1.82, 2.24) is 0 Å². The SMILES string of the molecule is [B]CC(C)C#N. The quantitative estimate of drug-likeness (QED) is 0.425. The topological polar surface area (TPSA) is 23.8 Å². The van der Waals surface area contributed by atoms with Crippen molar-refractivity contribution < 1.29 is 0 Å². The molecule has 30 valence electrons. The van der Waals surface area contributed by atoms with Gasteiger partial charge in [-0.25, -0.2) is 0 Å². The number of rotatable bonds is 1. The van der Waals surface area contributed by atoms with Crippen molar-refractivity contribution in [1.29, 1.82) is 5.26 Å². The highest BCUT2D eigenvalue weighted by Crippen LogP contribution is 1.92. The smallest absolute Gasteiger partial charge is 0.0670 e. The number of hydrogen-bond donors (Lipinski definition) is 0. The van der Waals surface area contributed by atoms with Crippen molar-refractivity contribution in [3.63, 3.8) is 0 Å². The summed E-state index contributed by atoms with van der Waals surface area (Å²) >= 11 is 0. The third-order valence-corrected chi connectivity index (χ3v) is 0.574. The van der Waals surface area contributed by atoms with Gasteiger partial charge in [0.2, 0.25) is 0 Å². The highest BCUT2D eigenvalue weighted by Gasteiger charge is 1.88. The molecule has 2 radical (unpaired) electrons. The van der Waals surface area contributed by atoms with Crippen LogP contribution in [0.5, 0.6) is 0 Å². The third kappa shape index (κ3) is 1.84. The van der Waals surface area contributed by atoms with Gasteiger partial charge in [-0.3, -0.25) is 0 Å². The lowest BCUT2D eigenvalue weighted by atomic mass is 9.94. The van der Waals surface area contributed by atoms with Crippen LogP contribution in [0.2, 0.25) is 6.32 Å². The maximum Gasteiger partial charge on any atom is 0.0670 e. The molecule has 0 spiro atoms. The van der Waals surface area contributed by atoms with Crippen LogP contribution in [-0.2, 0) is 0 Å². The average Bonchev–Trinajstić information content (AvgIpc) is 1.65. The van der Waals surface area contributed by atoms with Crippen molar-refractivity contribution in [2.24, 2.45) is 5.92 Å². The summed E-state index contributed by atoms with van der Waals surface area (Å²) < 4.78 is 0. The van der Waals surface area contributed by atoms with Crippen LogP contribution in [0.4, 0.5) is 0 Å². The maximum atomic E-state index is 8.00. The van der Waals surface area contributed by atoms with Crippen molar-refractivity contribution in [2.75, 3.05) is 0 Å². The molecule has 1 nitrogen and oxygen atoms in total. The molecule has 1 unspecified atom stereocenters. The molecule has 0 aliphatic heterocycles. The van der Waals surface area contributed by atoms with Gasteiger partial charge in [-0.15, -0.1) is 0 Å². The minimum absolute atomic E-state index is 0.0185. The molecule has 0 amide bonds. The van der Waals surface area contributed by atoms with E-state index in [2.05, 4.69) is 0 Å². The third-order valence-electron chi connectivity index (χ3n) is 0.574. The van der Waals surface area contributed by atoms with E-state index in [0.717, 1.165) is 0 Å². The highest BCUT2D eigenvalue weighted by atomic mass is 14.2. The normalized spacial score (nSPS) is 12.7. The first kappa shape index (κ1) is 5.55. The molecule has 6 heavy (non-hydrogen) atoms.